The summed E-state index contributed by atoms with van der Waals surface area (Å²) in [6.07, 6.45) is 0.460. The second-order valence-corrected chi connectivity index (χ2v) is 8.60. The van der Waals surface area contributed by atoms with Crippen LogP contribution in [0.1, 0.15) is 18.9 Å². The number of benzene rings is 2. The summed E-state index contributed by atoms with van der Waals surface area (Å²) in [4.78, 5) is 26.2. The number of nitrogens with zero attached hydrogens (tertiary/aromatic N) is 1. The predicted molar refractivity (Wildman–Crippen MR) is 101 cm³/mol. The third-order valence-electron chi connectivity index (χ3n) is 4.51. The number of carbonyl (C=O) groups excluding carboxylic acids is 2. The minimum atomic E-state index is -3.55. The topological polar surface area (TPSA) is 80.8 Å². The number of fused-ring (bicyclic) bond motifs is 1. The highest BCUT2D eigenvalue weighted by Gasteiger charge is 2.31. The Hall–Kier alpha value is -2.67. The molecule has 0 aliphatic carbocycles. The first-order valence-corrected chi connectivity index (χ1v) is 10.4. The summed E-state index contributed by atoms with van der Waals surface area (Å²) in [5.74, 6) is -1.37. The van der Waals surface area contributed by atoms with Gasteiger partial charge in [-0.3, -0.25) is 9.59 Å². The monoisotopic (exact) mass is 387 g/mol. The third-order valence-corrected chi connectivity index (χ3v) is 6.24. The number of ether oxygens (including phenoxy) is 1. The van der Waals surface area contributed by atoms with Crippen molar-refractivity contribution >= 4 is 27.4 Å². The van der Waals surface area contributed by atoms with E-state index in [0.29, 0.717) is 0 Å². The Labute approximate surface area is 158 Å². The standard InChI is InChI=1S/C20H21NO5S/c1-15-13-16-7-5-6-10-18(16)21(15)19(22)14-26-20(23)11-12-27(24,25)17-8-3-2-4-9-17/h2-10,15H,11-14H2,1H3/t15-/m0/s1. The number of esters is 1. The summed E-state index contributed by atoms with van der Waals surface area (Å²) < 4.78 is 29.4. The van der Waals surface area contributed by atoms with E-state index in [-0.39, 0.29) is 29.0 Å². The molecular weight excluding hydrogens is 366 g/mol. The second-order valence-electron chi connectivity index (χ2n) is 6.49. The maximum atomic E-state index is 12.5. The number of hydrogen-bond donors (Lipinski definition) is 0. The highest BCUT2D eigenvalue weighted by Crippen LogP contribution is 2.31. The molecule has 1 heterocycles. The molecule has 6 nitrogen and oxygen atoms in total. The largest absolute Gasteiger partial charge is 0.456 e. The first-order chi connectivity index (χ1) is 12.9. The molecule has 0 spiro atoms. The Morgan fingerprint density at radius 1 is 1.07 bits per heavy atom. The molecule has 1 aliphatic rings. The van der Waals surface area contributed by atoms with Gasteiger partial charge in [0, 0.05) is 11.7 Å². The number of carbonyl (C=O) groups is 2. The second kappa shape index (κ2) is 7.92. The zero-order valence-corrected chi connectivity index (χ0v) is 15.8. The van der Waals surface area contributed by atoms with Crippen LogP contribution in [-0.4, -0.2) is 38.7 Å². The van der Waals surface area contributed by atoms with Crippen LogP contribution in [-0.2, 0) is 30.6 Å². The van der Waals surface area contributed by atoms with Gasteiger partial charge in [0.1, 0.15) is 0 Å². The van der Waals surface area contributed by atoms with Gasteiger partial charge in [0.15, 0.2) is 16.4 Å². The number of sulfone groups is 1. The van der Waals surface area contributed by atoms with Gasteiger partial charge in [0.05, 0.1) is 17.1 Å². The van der Waals surface area contributed by atoms with Crippen molar-refractivity contribution < 1.29 is 22.7 Å². The van der Waals surface area contributed by atoms with Crippen molar-refractivity contribution in [3.63, 3.8) is 0 Å². The molecular formula is C20H21NO5S. The Morgan fingerprint density at radius 2 is 1.74 bits per heavy atom. The van der Waals surface area contributed by atoms with E-state index < -0.39 is 22.4 Å². The molecule has 0 saturated heterocycles. The summed E-state index contributed by atoms with van der Waals surface area (Å²) in [6.45, 7) is 1.54. The Bertz CT molecular complexity index is 940. The molecule has 27 heavy (non-hydrogen) atoms. The number of hydrogen-bond acceptors (Lipinski definition) is 5. The molecule has 0 fully saturated rings. The minimum Gasteiger partial charge on any atom is -0.456 e. The Balaban J connectivity index is 1.53. The van der Waals surface area contributed by atoms with Crippen LogP contribution in [0.5, 0.6) is 0 Å². The van der Waals surface area contributed by atoms with E-state index in [1.165, 1.54) is 12.1 Å². The third kappa shape index (κ3) is 4.36. The normalized spacial score (nSPS) is 16.0. The molecule has 1 atom stereocenters. The molecule has 0 unspecified atom stereocenters. The van der Waals surface area contributed by atoms with Crippen LogP contribution < -0.4 is 4.90 Å². The van der Waals surface area contributed by atoms with Gasteiger partial charge in [-0.05, 0) is 37.1 Å². The van der Waals surface area contributed by atoms with E-state index >= 15 is 0 Å². The number of rotatable bonds is 6. The van der Waals surface area contributed by atoms with Gasteiger partial charge in [-0.1, -0.05) is 36.4 Å². The molecule has 0 bridgehead atoms. The van der Waals surface area contributed by atoms with Gasteiger partial charge in [0.25, 0.3) is 5.91 Å². The van der Waals surface area contributed by atoms with Gasteiger partial charge >= 0.3 is 5.97 Å². The molecule has 1 aliphatic heterocycles. The predicted octanol–water partition coefficient (Wildman–Crippen LogP) is 2.37. The first kappa shape index (κ1) is 19.1. The average Bonchev–Trinajstić information content (AvgIpc) is 3.01. The SMILES string of the molecule is C[C@H]1Cc2ccccc2N1C(=O)COC(=O)CCS(=O)(=O)c1ccccc1. The van der Waals surface area contributed by atoms with Crippen LogP contribution in [0.3, 0.4) is 0 Å². The molecule has 2 aromatic rings. The highest BCUT2D eigenvalue weighted by molar-refractivity contribution is 7.91. The maximum Gasteiger partial charge on any atom is 0.307 e. The molecule has 142 valence electrons. The van der Waals surface area contributed by atoms with Crippen molar-refractivity contribution in [1.82, 2.24) is 0 Å². The maximum absolute atomic E-state index is 12.5. The van der Waals surface area contributed by atoms with Crippen LogP contribution in [0, 0.1) is 0 Å². The number of para-hydroxylation sites is 1. The van der Waals surface area contributed by atoms with Crippen LogP contribution >= 0.6 is 0 Å². The van der Waals surface area contributed by atoms with Gasteiger partial charge < -0.3 is 9.64 Å². The van der Waals surface area contributed by atoms with E-state index in [1.54, 1.807) is 23.1 Å². The summed E-state index contributed by atoms with van der Waals surface area (Å²) in [5.41, 5.74) is 1.91. The Kier molecular flexibility index (Phi) is 5.60. The molecule has 7 heteroatoms. The Morgan fingerprint density at radius 3 is 2.48 bits per heavy atom. The molecule has 1 amide bonds. The number of anilines is 1. The summed E-state index contributed by atoms with van der Waals surface area (Å²) in [6, 6.07) is 15.5. The fourth-order valence-corrected chi connectivity index (χ4v) is 4.44. The van der Waals surface area contributed by atoms with Crippen molar-refractivity contribution in [3.8, 4) is 0 Å². The van der Waals surface area contributed by atoms with Crippen molar-refractivity contribution in [1.29, 1.82) is 0 Å². The van der Waals surface area contributed by atoms with Crippen LogP contribution in [0.15, 0.2) is 59.5 Å². The van der Waals surface area contributed by atoms with Crippen LogP contribution in [0.2, 0.25) is 0 Å². The van der Waals surface area contributed by atoms with E-state index in [9.17, 15) is 18.0 Å². The van der Waals surface area contributed by atoms with Crippen LogP contribution in [0.4, 0.5) is 5.69 Å². The lowest BCUT2D eigenvalue weighted by molar-refractivity contribution is -0.147. The smallest absolute Gasteiger partial charge is 0.307 e. The average molecular weight is 387 g/mol. The molecule has 0 N–H and O–H groups in total. The minimum absolute atomic E-state index is 0.00735. The molecule has 0 aromatic heterocycles. The lowest BCUT2D eigenvalue weighted by atomic mass is 10.1. The zero-order valence-electron chi connectivity index (χ0n) is 15.0. The lowest BCUT2D eigenvalue weighted by Gasteiger charge is -2.22. The summed E-state index contributed by atoms with van der Waals surface area (Å²) in [7, 11) is -3.55. The quantitative estimate of drug-likeness (QED) is 0.711. The van der Waals surface area contributed by atoms with Crippen molar-refractivity contribution in [3.05, 3.63) is 60.2 Å². The van der Waals surface area contributed by atoms with Gasteiger partial charge in [0.2, 0.25) is 0 Å². The number of amides is 1. The summed E-state index contributed by atoms with van der Waals surface area (Å²) >= 11 is 0. The van der Waals surface area contributed by atoms with Crippen molar-refractivity contribution in [2.45, 2.75) is 30.7 Å². The van der Waals surface area contributed by atoms with Gasteiger partial charge in [-0.2, -0.15) is 0 Å². The van der Waals surface area contributed by atoms with E-state index in [4.69, 9.17) is 4.74 Å². The fourth-order valence-electron chi connectivity index (χ4n) is 3.19. The van der Waals surface area contributed by atoms with Crippen LogP contribution in [0.25, 0.3) is 0 Å². The molecule has 3 rings (SSSR count). The van der Waals surface area contributed by atoms with Gasteiger partial charge in [-0.25, -0.2) is 8.42 Å². The summed E-state index contributed by atoms with van der Waals surface area (Å²) in [5, 5.41) is 0. The molecule has 0 radical (unpaired) electrons. The zero-order chi connectivity index (χ0) is 19.4. The fraction of sp³-hybridized carbons (Fsp3) is 0.300. The van der Waals surface area contributed by atoms with Crippen molar-refractivity contribution in [2.24, 2.45) is 0 Å². The van der Waals surface area contributed by atoms with Crippen molar-refractivity contribution in [2.75, 3.05) is 17.3 Å². The highest BCUT2D eigenvalue weighted by atomic mass is 32.2. The molecule has 0 saturated carbocycles. The first-order valence-electron chi connectivity index (χ1n) is 8.72. The van der Waals surface area contributed by atoms with E-state index in [0.717, 1.165) is 17.7 Å². The van der Waals surface area contributed by atoms with E-state index in [2.05, 4.69) is 0 Å². The van der Waals surface area contributed by atoms with Gasteiger partial charge in [-0.15, -0.1) is 0 Å². The lowest BCUT2D eigenvalue weighted by Crippen LogP contribution is -2.38. The van der Waals surface area contributed by atoms with E-state index in [1.807, 2.05) is 31.2 Å². The molecule has 2 aromatic carbocycles.